The third kappa shape index (κ3) is 2.40. The summed E-state index contributed by atoms with van der Waals surface area (Å²) in [5.74, 6) is 0. The van der Waals surface area contributed by atoms with Crippen molar-refractivity contribution in [2.75, 3.05) is 26.2 Å². The van der Waals surface area contributed by atoms with Gasteiger partial charge in [-0.1, -0.05) is 35.3 Å². The lowest BCUT2D eigenvalue weighted by Gasteiger charge is -2.28. The largest absolute Gasteiger partial charge is 0.320 e. The molecular weight excluding hydrogens is 285 g/mol. The van der Waals surface area contributed by atoms with E-state index in [0.29, 0.717) is 16.6 Å². The van der Waals surface area contributed by atoms with Gasteiger partial charge in [-0.3, -0.25) is 0 Å². The SMILES string of the molecule is O=C1N(Cc2cccc(Cl)c2Cl)CC2CNCCN12. The minimum absolute atomic E-state index is 0.0996. The number of carbonyl (C=O) groups excluding carboxylic acids is 1. The molecule has 102 valence electrons. The highest BCUT2D eigenvalue weighted by atomic mass is 35.5. The monoisotopic (exact) mass is 299 g/mol. The summed E-state index contributed by atoms with van der Waals surface area (Å²) in [5.41, 5.74) is 0.898. The van der Waals surface area contributed by atoms with Crippen LogP contribution in [-0.2, 0) is 6.54 Å². The molecule has 0 spiro atoms. The zero-order valence-electron chi connectivity index (χ0n) is 10.4. The molecule has 2 saturated heterocycles. The molecule has 0 radical (unpaired) electrons. The first-order valence-electron chi connectivity index (χ1n) is 6.36. The quantitative estimate of drug-likeness (QED) is 0.909. The smallest absolute Gasteiger partial charge is 0.318 e. The van der Waals surface area contributed by atoms with Gasteiger partial charge in [0.1, 0.15) is 0 Å². The van der Waals surface area contributed by atoms with Gasteiger partial charge >= 0.3 is 6.03 Å². The topological polar surface area (TPSA) is 35.6 Å². The van der Waals surface area contributed by atoms with Gasteiger partial charge in [-0.25, -0.2) is 4.79 Å². The van der Waals surface area contributed by atoms with Crippen LogP contribution < -0.4 is 5.32 Å². The highest BCUT2D eigenvalue weighted by Crippen LogP contribution is 2.28. The Morgan fingerprint density at radius 3 is 3.00 bits per heavy atom. The Hall–Kier alpha value is -0.970. The zero-order chi connectivity index (χ0) is 13.4. The lowest BCUT2D eigenvalue weighted by Crippen LogP contribution is -2.49. The summed E-state index contributed by atoms with van der Waals surface area (Å²) in [5, 5.41) is 4.39. The van der Waals surface area contributed by atoms with Crippen molar-refractivity contribution in [3.8, 4) is 0 Å². The molecule has 1 N–H and O–H groups in total. The van der Waals surface area contributed by atoms with Crippen molar-refractivity contribution >= 4 is 29.2 Å². The highest BCUT2D eigenvalue weighted by molar-refractivity contribution is 6.42. The lowest BCUT2D eigenvalue weighted by molar-refractivity contribution is 0.178. The summed E-state index contributed by atoms with van der Waals surface area (Å²) in [6, 6.07) is 5.91. The molecule has 1 aromatic rings. The van der Waals surface area contributed by atoms with Gasteiger partial charge in [-0.05, 0) is 11.6 Å². The number of fused-ring (bicyclic) bond motifs is 1. The van der Waals surface area contributed by atoms with E-state index in [1.807, 2.05) is 21.9 Å². The molecule has 6 heteroatoms. The van der Waals surface area contributed by atoms with Gasteiger partial charge in [0.2, 0.25) is 0 Å². The van der Waals surface area contributed by atoms with E-state index in [-0.39, 0.29) is 12.1 Å². The van der Waals surface area contributed by atoms with E-state index >= 15 is 0 Å². The number of nitrogens with zero attached hydrogens (tertiary/aromatic N) is 2. The first-order chi connectivity index (χ1) is 9.16. The Kier molecular flexibility index (Phi) is 3.56. The fraction of sp³-hybridized carbons (Fsp3) is 0.462. The van der Waals surface area contributed by atoms with Crippen molar-refractivity contribution in [2.45, 2.75) is 12.6 Å². The van der Waals surface area contributed by atoms with E-state index in [9.17, 15) is 4.79 Å². The lowest BCUT2D eigenvalue weighted by atomic mass is 10.2. The minimum atomic E-state index is 0.0996. The molecule has 1 aromatic carbocycles. The molecular formula is C13H15Cl2N3O. The second-order valence-corrected chi connectivity index (χ2v) is 5.71. The molecule has 1 atom stereocenters. The number of hydrogen-bond acceptors (Lipinski definition) is 2. The van der Waals surface area contributed by atoms with Crippen LogP contribution in [0.3, 0.4) is 0 Å². The van der Waals surface area contributed by atoms with Crippen molar-refractivity contribution < 1.29 is 4.79 Å². The molecule has 2 fully saturated rings. The predicted octanol–water partition coefficient (Wildman–Crippen LogP) is 2.20. The average Bonchev–Trinajstić information content (AvgIpc) is 2.73. The van der Waals surface area contributed by atoms with Gasteiger partial charge in [0, 0.05) is 32.7 Å². The number of rotatable bonds is 2. The average molecular weight is 300 g/mol. The maximum atomic E-state index is 12.3. The van der Waals surface area contributed by atoms with E-state index < -0.39 is 0 Å². The van der Waals surface area contributed by atoms with Crippen LogP contribution in [0.4, 0.5) is 4.79 Å². The Morgan fingerprint density at radius 2 is 2.21 bits per heavy atom. The number of hydrogen-bond donors (Lipinski definition) is 1. The van der Waals surface area contributed by atoms with Crippen molar-refractivity contribution in [3.63, 3.8) is 0 Å². The molecule has 0 aliphatic carbocycles. The zero-order valence-corrected chi connectivity index (χ0v) is 11.9. The Balaban J connectivity index is 1.77. The Bertz CT molecular complexity index is 509. The first-order valence-corrected chi connectivity index (χ1v) is 7.11. The second-order valence-electron chi connectivity index (χ2n) is 4.93. The van der Waals surface area contributed by atoms with Gasteiger partial charge < -0.3 is 15.1 Å². The molecule has 2 amide bonds. The van der Waals surface area contributed by atoms with Gasteiger partial charge in [-0.15, -0.1) is 0 Å². The van der Waals surface area contributed by atoms with E-state index in [1.54, 1.807) is 6.07 Å². The van der Waals surface area contributed by atoms with Crippen LogP contribution in [0, 0.1) is 0 Å². The second kappa shape index (κ2) is 5.19. The van der Waals surface area contributed by atoms with Crippen LogP contribution >= 0.6 is 23.2 Å². The van der Waals surface area contributed by atoms with Crippen LogP contribution in [0.1, 0.15) is 5.56 Å². The molecule has 19 heavy (non-hydrogen) atoms. The molecule has 3 rings (SSSR count). The summed E-state index contributed by atoms with van der Waals surface area (Å²) in [6.45, 7) is 3.78. The normalized spacial score (nSPS) is 22.8. The van der Waals surface area contributed by atoms with E-state index in [4.69, 9.17) is 23.2 Å². The molecule has 0 saturated carbocycles. The Morgan fingerprint density at radius 1 is 1.37 bits per heavy atom. The van der Waals surface area contributed by atoms with Crippen LogP contribution in [0.2, 0.25) is 10.0 Å². The number of carbonyl (C=O) groups is 1. The predicted molar refractivity (Wildman–Crippen MR) is 75.6 cm³/mol. The maximum Gasteiger partial charge on any atom is 0.320 e. The van der Waals surface area contributed by atoms with E-state index in [1.165, 1.54) is 0 Å². The van der Waals surface area contributed by atoms with E-state index in [0.717, 1.165) is 31.7 Å². The summed E-state index contributed by atoms with van der Waals surface area (Å²) < 4.78 is 0. The van der Waals surface area contributed by atoms with Crippen molar-refractivity contribution in [3.05, 3.63) is 33.8 Å². The van der Waals surface area contributed by atoms with Crippen molar-refractivity contribution in [1.82, 2.24) is 15.1 Å². The summed E-state index contributed by atoms with van der Waals surface area (Å²) >= 11 is 12.2. The van der Waals surface area contributed by atoms with Gasteiger partial charge in [0.15, 0.2) is 0 Å². The van der Waals surface area contributed by atoms with E-state index in [2.05, 4.69) is 5.32 Å². The Labute approximate surface area is 122 Å². The summed E-state index contributed by atoms with van der Waals surface area (Å²) in [6.07, 6.45) is 0. The molecule has 4 nitrogen and oxygen atoms in total. The number of nitrogens with one attached hydrogen (secondary N) is 1. The van der Waals surface area contributed by atoms with Crippen molar-refractivity contribution in [1.29, 1.82) is 0 Å². The molecule has 1 unspecified atom stereocenters. The maximum absolute atomic E-state index is 12.3. The molecule has 0 bridgehead atoms. The highest BCUT2D eigenvalue weighted by Gasteiger charge is 2.38. The third-order valence-electron chi connectivity index (χ3n) is 3.69. The summed E-state index contributed by atoms with van der Waals surface area (Å²) in [7, 11) is 0. The van der Waals surface area contributed by atoms with Crippen LogP contribution in [-0.4, -0.2) is 48.1 Å². The first kappa shape index (κ1) is 13.0. The van der Waals surface area contributed by atoms with Crippen molar-refractivity contribution in [2.24, 2.45) is 0 Å². The van der Waals surface area contributed by atoms with Gasteiger partial charge in [0.25, 0.3) is 0 Å². The third-order valence-corrected chi connectivity index (χ3v) is 4.55. The number of piperazine rings is 1. The number of halogens is 2. The summed E-state index contributed by atoms with van der Waals surface area (Å²) in [4.78, 5) is 16.1. The van der Waals surface area contributed by atoms with Gasteiger partial charge in [-0.2, -0.15) is 0 Å². The minimum Gasteiger partial charge on any atom is -0.318 e. The number of amides is 2. The molecule has 0 aromatic heterocycles. The fourth-order valence-corrected chi connectivity index (χ4v) is 3.08. The standard InChI is InChI=1S/C13H15Cl2N3O/c14-11-3-1-2-9(12(11)15)7-17-8-10-6-16-4-5-18(10)13(17)19/h1-3,10,16H,4-8H2. The number of urea groups is 1. The fourth-order valence-electron chi connectivity index (χ4n) is 2.70. The van der Waals surface area contributed by atoms with Crippen LogP contribution in [0.25, 0.3) is 0 Å². The van der Waals surface area contributed by atoms with Gasteiger partial charge in [0.05, 0.1) is 16.1 Å². The number of benzene rings is 1. The van der Waals surface area contributed by atoms with Crippen LogP contribution in [0.15, 0.2) is 18.2 Å². The molecule has 2 aliphatic heterocycles. The molecule has 2 aliphatic rings. The molecule has 2 heterocycles. The van der Waals surface area contributed by atoms with Crippen LogP contribution in [0.5, 0.6) is 0 Å².